The summed E-state index contributed by atoms with van der Waals surface area (Å²) in [6.07, 6.45) is 2.06. The van der Waals surface area contributed by atoms with Gasteiger partial charge in [0, 0.05) is 26.1 Å². The number of hydrogen-bond acceptors (Lipinski definition) is 5. The van der Waals surface area contributed by atoms with E-state index in [1.165, 1.54) is 0 Å². The van der Waals surface area contributed by atoms with Gasteiger partial charge in [0.1, 0.15) is 5.76 Å². The number of nitrogens with zero attached hydrogens (tertiary/aromatic N) is 1. The highest BCUT2D eigenvalue weighted by atomic mass is 16.5. The van der Waals surface area contributed by atoms with Crippen LogP contribution in [0.5, 0.6) is 0 Å². The highest BCUT2D eigenvalue weighted by Gasteiger charge is 2.15. The number of carbonyl (C=O) groups excluding carboxylic acids is 1. The summed E-state index contributed by atoms with van der Waals surface area (Å²) in [5.74, 6) is 0.871. The van der Waals surface area contributed by atoms with E-state index in [0.29, 0.717) is 19.5 Å². The fourth-order valence-electron chi connectivity index (χ4n) is 2.70. The Bertz CT molecular complexity index is 637. The van der Waals surface area contributed by atoms with E-state index in [1.54, 1.807) is 6.26 Å². The van der Waals surface area contributed by atoms with Gasteiger partial charge in [-0.05, 0) is 24.3 Å². The van der Waals surface area contributed by atoms with Crippen LogP contribution in [0, 0.1) is 0 Å². The predicted octanol–water partition coefficient (Wildman–Crippen LogP) is 2.23. The average molecular weight is 329 g/mol. The zero-order valence-corrected chi connectivity index (χ0v) is 13.7. The van der Waals surface area contributed by atoms with Crippen LogP contribution < -0.4 is 15.5 Å². The molecule has 2 heterocycles. The lowest BCUT2D eigenvalue weighted by Gasteiger charge is -2.30. The Kier molecular flexibility index (Phi) is 5.87. The minimum Gasteiger partial charge on any atom is -0.468 e. The van der Waals surface area contributed by atoms with Crippen LogP contribution in [0.1, 0.15) is 12.2 Å². The molecule has 1 fully saturated rings. The van der Waals surface area contributed by atoms with Crippen molar-refractivity contribution in [3.8, 4) is 0 Å². The summed E-state index contributed by atoms with van der Waals surface area (Å²) < 4.78 is 10.6. The van der Waals surface area contributed by atoms with Crippen LogP contribution >= 0.6 is 0 Å². The SMILES string of the molecule is O=C(CCNCc1ccco1)Nc1ccccc1N1CCOCC1. The van der Waals surface area contributed by atoms with Crippen molar-refractivity contribution in [3.63, 3.8) is 0 Å². The molecule has 1 aliphatic heterocycles. The molecule has 0 radical (unpaired) electrons. The van der Waals surface area contributed by atoms with Gasteiger partial charge in [0.15, 0.2) is 0 Å². The molecule has 3 rings (SSSR count). The maximum absolute atomic E-state index is 12.2. The monoisotopic (exact) mass is 329 g/mol. The quantitative estimate of drug-likeness (QED) is 0.763. The summed E-state index contributed by atoms with van der Waals surface area (Å²) in [5.41, 5.74) is 1.91. The number of morpholine rings is 1. The van der Waals surface area contributed by atoms with E-state index in [1.807, 2.05) is 36.4 Å². The first-order valence-electron chi connectivity index (χ1n) is 8.27. The molecule has 1 amide bonds. The molecule has 0 saturated carbocycles. The van der Waals surface area contributed by atoms with Crippen LogP contribution in [-0.4, -0.2) is 38.8 Å². The molecule has 2 N–H and O–H groups in total. The molecular weight excluding hydrogens is 306 g/mol. The summed E-state index contributed by atoms with van der Waals surface area (Å²) >= 11 is 0. The van der Waals surface area contributed by atoms with Gasteiger partial charge in [-0.2, -0.15) is 0 Å². The van der Waals surface area contributed by atoms with Crippen LogP contribution in [0.4, 0.5) is 11.4 Å². The first-order valence-corrected chi connectivity index (χ1v) is 8.27. The maximum Gasteiger partial charge on any atom is 0.225 e. The standard InChI is InChI=1S/C18H23N3O3/c22-18(7-8-19-14-15-4-3-11-24-15)20-16-5-1-2-6-17(16)21-9-12-23-13-10-21/h1-6,11,19H,7-10,12-14H2,(H,20,22). The van der Waals surface area contributed by atoms with Crippen molar-refractivity contribution in [2.24, 2.45) is 0 Å². The molecule has 1 aromatic heterocycles. The van der Waals surface area contributed by atoms with Gasteiger partial charge in [-0.3, -0.25) is 4.79 Å². The number of anilines is 2. The Hall–Kier alpha value is -2.31. The lowest BCUT2D eigenvalue weighted by atomic mass is 10.2. The van der Waals surface area contributed by atoms with Crippen LogP contribution in [0.15, 0.2) is 47.1 Å². The van der Waals surface area contributed by atoms with E-state index in [0.717, 1.165) is 43.4 Å². The Morgan fingerprint density at radius 2 is 1.96 bits per heavy atom. The third-order valence-electron chi connectivity index (χ3n) is 3.94. The molecule has 6 heteroatoms. The third-order valence-corrected chi connectivity index (χ3v) is 3.94. The second kappa shape index (κ2) is 8.52. The number of benzene rings is 1. The topological polar surface area (TPSA) is 66.7 Å². The number of para-hydroxylation sites is 2. The van der Waals surface area contributed by atoms with Crippen molar-refractivity contribution in [1.29, 1.82) is 0 Å². The zero-order valence-electron chi connectivity index (χ0n) is 13.7. The van der Waals surface area contributed by atoms with E-state index in [-0.39, 0.29) is 5.91 Å². The van der Waals surface area contributed by atoms with Crippen LogP contribution in [-0.2, 0) is 16.1 Å². The van der Waals surface area contributed by atoms with Gasteiger partial charge < -0.3 is 24.7 Å². The third kappa shape index (κ3) is 4.59. The molecule has 1 aliphatic rings. The van der Waals surface area contributed by atoms with E-state index in [9.17, 15) is 4.79 Å². The molecule has 0 aliphatic carbocycles. The Morgan fingerprint density at radius 3 is 2.75 bits per heavy atom. The Labute approximate surface area is 141 Å². The molecule has 1 aromatic carbocycles. The predicted molar refractivity (Wildman–Crippen MR) is 93.1 cm³/mol. The second-order valence-corrected chi connectivity index (χ2v) is 5.67. The highest BCUT2D eigenvalue weighted by molar-refractivity contribution is 5.94. The normalized spacial score (nSPS) is 14.6. The lowest BCUT2D eigenvalue weighted by molar-refractivity contribution is -0.116. The van der Waals surface area contributed by atoms with Crippen molar-refractivity contribution in [1.82, 2.24) is 5.32 Å². The number of amides is 1. The number of hydrogen-bond donors (Lipinski definition) is 2. The number of rotatable bonds is 7. The molecule has 6 nitrogen and oxygen atoms in total. The van der Waals surface area contributed by atoms with E-state index in [4.69, 9.17) is 9.15 Å². The molecule has 24 heavy (non-hydrogen) atoms. The van der Waals surface area contributed by atoms with Crippen LogP contribution in [0.3, 0.4) is 0 Å². The molecule has 1 saturated heterocycles. The van der Waals surface area contributed by atoms with Gasteiger partial charge in [-0.1, -0.05) is 12.1 Å². The largest absolute Gasteiger partial charge is 0.468 e. The van der Waals surface area contributed by atoms with Crippen molar-refractivity contribution < 1.29 is 13.9 Å². The van der Waals surface area contributed by atoms with Gasteiger partial charge in [0.05, 0.1) is 37.4 Å². The minimum absolute atomic E-state index is 0.00246. The smallest absolute Gasteiger partial charge is 0.225 e. The first-order chi connectivity index (χ1) is 11.8. The molecular formula is C18H23N3O3. The van der Waals surface area contributed by atoms with Gasteiger partial charge >= 0.3 is 0 Å². The number of ether oxygens (including phenoxy) is 1. The van der Waals surface area contributed by atoms with Crippen LogP contribution in [0.2, 0.25) is 0 Å². The second-order valence-electron chi connectivity index (χ2n) is 5.67. The van der Waals surface area contributed by atoms with E-state index >= 15 is 0 Å². The summed E-state index contributed by atoms with van der Waals surface area (Å²) in [5, 5.41) is 6.22. The maximum atomic E-state index is 12.2. The number of nitrogens with one attached hydrogen (secondary N) is 2. The summed E-state index contributed by atoms with van der Waals surface area (Å²) in [4.78, 5) is 14.4. The highest BCUT2D eigenvalue weighted by Crippen LogP contribution is 2.26. The summed E-state index contributed by atoms with van der Waals surface area (Å²) in [6.45, 7) is 4.37. The number of carbonyl (C=O) groups is 1. The fourth-order valence-corrected chi connectivity index (χ4v) is 2.70. The zero-order chi connectivity index (χ0) is 16.6. The van der Waals surface area contributed by atoms with E-state index < -0.39 is 0 Å². The van der Waals surface area contributed by atoms with Gasteiger partial charge in [-0.25, -0.2) is 0 Å². The molecule has 128 valence electrons. The van der Waals surface area contributed by atoms with Crippen molar-refractivity contribution in [3.05, 3.63) is 48.4 Å². The molecule has 0 atom stereocenters. The molecule has 2 aromatic rings. The molecule has 0 unspecified atom stereocenters. The summed E-state index contributed by atoms with van der Waals surface area (Å²) in [7, 11) is 0. The molecule has 0 spiro atoms. The molecule has 0 bridgehead atoms. The van der Waals surface area contributed by atoms with Crippen molar-refractivity contribution >= 4 is 17.3 Å². The lowest BCUT2D eigenvalue weighted by Crippen LogP contribution is -2.36. The number of furan rings is 1. The van der Waals surface area contributed by atoms with Crippen molar-refractivity contribution in [2.75, 3.05) is 43.1 Å². The van der Waals surface area contributed by atoms with Gasteiger partial charge in [-0.15, -0.1) is 0 Å². The fraction of sp³-hybridized carbons (Fsp3) is 0.389. The van der Waals surface area contributed by atoms with Crippen LogP contribution in [0.25, 0.3) is 0 Å². The van der Waals surface area contributed by atoms with Gasteiger partial charge in [0.25, 0.3) is 0 Å². The van der Waals surface area contributed by atoms with Crippen molar-refractivity contribution in [2.45, 2.75) is 13.0 Å². The Balaban J connectivity index is 1.48. The average Bonchev–Trinajstić information content (AvgIpc) is 3.13. The van der Waals surface area contributed by atoms with E-state index in [2.05, 4.69) is 15.5 Å². The summed E-state index contributed by atoms with van der Waals surface area (Å²) in [6, 6.07) is 11.7. The Morgan fingerprint density at radius 1 is 1.12 bits per heavy atom. The minimum atomic E-state index is 0.00246. The van der Waals surface area contributed by atoms with Gasteiger partial charge in [0.2, 0.25) is 5.91 Å². The first kappa shape index (κ1) is 16.5.